The summed E-state index contributed by atoms with van der Waals surface area (Å²) in [5, 5.41) is 22.2. The van der Waals surface area contributed by atoms with E-state index in [0.29, 0.717) is 22.0 Å². The Morgan fingerprint density at radius 1 is 0.886 bits per heavy atom. The van der Waals surface area contributed by atoms with E-state index in [1.54, 1.807) is 36.4 Å². The van der Waals surface area contributed by atoms with Gasteiger partial charge in [-0.25, -0.2) is 9.69 Å². The molecule has 5 rings (SSSR count). The van der Waals surface area contributed by atoms with Crippen LogP contribution >= 0.6 is 0 Å². The third kappa shape index (κ3) is 3.34. The lowest BCUT2D eigenvalue weighted by molar-refractivity contribution is -0.384. The van der Waals surface area contributed by atoms with Crippen LogP contribution in [0.5, 0.6) is 0 Å². The molecule has 0 aromatic heterocycles. The number of imide groups is 1. The second kappa shape index (κ2) is 7.88. The Bertz CT molecular complexity index is 1620. The number of carbonyl (C=O) groups excluding carboxylic acids is 2. The molecule has 0 spiro atoms. The molecule has 1 aliphatic rings. The maximum absolute atomic E-state index is 13.6. The highest BCUT2D eigenvalue weighted by Crippen LogP contribution is 2.43. The number of rotatable bonds is 4. The van der Waals surface area contributed by atoms with Gasteiger partial charge in [0, 0.05) is 17.0 Å². The van der Waals surface area contributed by atoms with Gasteiger partial charge in [0.15, 0.2) is 0 Å². The number of nitrogens with zero attached hydrogens (tertiary/aromatic N) is 2. The molecule has 4 aromatic carbocycles. The first kappa shape index (κ1) is 22.0. The molecule has 0 unspecified atom stereocenters. The van der Waals surface area contributed by atoms with Crippen molar-refractivity contribution in [3.05, 3.63) is 105 Å². The van der Waals surface area contributed by atoms with Crippen molar-refractivity contribution < 1.29 is 24.4 Å². The standard InChI is InChI=1S/C27H18N2O6/c1-14-9-10-18(11-15(14)2)28-25(30)20-8-4-7-19-23(16-5-3-6-17(12-16)27(32)33)22(29(34)35)13-21(24(19)20)26(28)31/h3-13H,1-2H3,(H,32,33). The van der Waals surface area contributed by atoms with Gasteiger partial charge < -0.3 is 5.11 Å². The number of amides is 2. The van der Waals surface area contributed by atoms with E-state index in [2.05, 4.69) is 0 Å². The maximum atomic E-state index is 13.6. The lowest BCUT2D eigenvalue weighted by atomic mass is 9.87. The summed E-state index contributed by atoms with van der Waals surface area (Å²) < 4.78 is 0. The van der Waals surface area contributed by atoms with Crippen LogP contribution in [-0.2, 0) is 0 Å². The van der Waals surface area contributed by atoms with E-state index in [-0.39, 0.29) is 27.9 Å². The van der Waals surface area contributed by atoms with Crippen molar-refractivity contribution in [2.45, 2.75) is 13.8 Å². The van der Waals surface area contributed by atoms with Crippen LogP contribution in [0.25, 0.3) is 21.9 Å². The summed E-state index contributed by atoms with van der Waals surface area (Å²) in [4.78, 5) is 51.2. The Morgan fingerprint density at radius 2 is 1.60 bits per heavy atom. The van der Waals surface area contributed by atoms with Crippen LogP contribution in [0.2, 0.25) is 0 Å². The van der Waals surface area contributed by atoms with Crippen LogP contribution in [0.1, 0.15) is 42.2 Å². The van der Waals surface area contributed by atoms with Crippen LogP contribution in [-0.4, -0.2) is 27.8 Å². The Hall–Kier alpha value is -4.85. The minimum Gasteiger partial charge on any atom is -0.478 e. The highest BCUT2D eigenvalue weighted by molar-refractivity contribution is 6.37. The molecule has 0 aliphatic carbocycles. The molecule has 2 amide bonds. The number of carboxylic acids is 1. The van der Waals surface area contributed by atoms with Crippen molar-refractivity contribution in [2.75, 3.05) is 4.90 Å². The first-order chi connectivity index (χ1) is 16.7. The summed E-state index contributed by atoms with van der Waals surface area (Å²) >= 11 is 0. The molecule has 0 bridgehead atoms. The van der Waals surface area contributed by atoms with Crippen LogP contribution < -0.4 is 4.90 Å². The summed E-state index contributed by atoms with van der Waals surface area (Å²) in [6, 6.07) is 17.0. The van der Waals surface area contributed by atoms with Gasteiger partial charge in [0.1, 0.15) is 0 Å². The maximum Gasteiger partial charge on any atom is 0.335 e. The molecular formula is C27H18N2O6. The van der Waals surface area contributed by atoms with Gasteiger partial charge >= 0.3 is 5.97 Å². The molecule has 8 heteroatoms. The summed E-state index contributed by atoms with van der Waals surface area (Å²) in [5.41, 5.74) is 2.62. The van der Waals surface area contributed by atoms with Crippen molar-refractivity contribution in [3.63, 3.8) is 0 Å². The molecule has 0 atom stereocenters. The number of hydrogen-bond acceptors (Lipinski definition) is 5. The number of anilines is 1. The summed E-state index contributed by atoms with van der Waals surface area (Å²) in [6.45, 7) is 3.79. The molecule has 4 aromatic rings. The third-order valence-electron chi connectivity index (χ3n) is 6.35. The molecule has 172 valence electrons. The van der Waals surface area contributed by atoms with E-state index in [4.69, 9.17) is 0 Å². The van der Waals surface area contributed by atoms with Gasteiger partial charge in [0.05, 0.1) is 27.3 Å². The number of aryl methyl sites for hydroxylation is 2. The fourth-order valence-electron chi connectivity index (χ4n) is 4.50. The number of nitro benzene ring substituents is 1. The minimum absolute atomic E-state index is 0.0367. The zero-order valence-electron chi connectivity index (χ0n) is 18.7. The van der Waals surface area contributed by atoms with Gasteiger partial charge in [0.2, 0.25) is 0 Å². The second-order valence-electron chi connectivity index (χ2n) is 8.40. The minimum atomic E-state index is -1.17. The topological polar surface area (TPSA) is 118 Å². The highest BCUT2D eigenvalue weighted by Gasteiger charge is 2.37. The molecule has 1 N–H and O–H groups in total. The molecule has 35 heavy (non-hydrogen) atoms. The fourth-order valence-corrected chi connectivity index (χ4v) is 4.50. The summed E-state index contributed by atoms with van der Waals surface area (Å²) in [7, 11) is 0. The number of nitro groups is 1. The van der Waals surface area contributed by atoms with E-state index in [9.17, 15) is 29.6 Å². The molecule has 0 saturated heterocycles. The van der Waals surface area contributed by atoms with E-state index in [1.165, 1.54) is 24.3 Å². The first-order valence-electron chi connectivity index (χ1n) is 10.7. The quantitative estimate of drug-likeness (QED) is 0.240. The Labute approximate surface area is 199 Å². The number of benzene rings is 4. The monoisotopic (exact) mass is 466 g/mol. The average Bonchev–Trinajstić information content (AvgIpc) is 2.84. The average molecular weight is 466 g/mol. The fraction of sp³-hybridized carbons (Fsp3) is 0.0741. The Kier molecular flexibility index (Phi) is 4.94. The predicted molar refractivity (Wildman–Crippen MR) is 130 cm³/mol. The van der Waals surface area contributed by atoms with Crippen LogP contribution in [0.4, 0.5) is 11.4 Å². The van der Waals surface area contributed by atoms with Gasteiger partial charge in [-0.15, -0.1) is 0 Å². The number of hydrogen-bond donors (Lipinski definition) is 1. The van der Waals surface area contributed by atoms with Crippen molar-refractivity contribution in [2.24, 2.45) is 0 Å². The van der Waals surface area contributed by atoms with Crippen LogP contribution in [0.15, 0.2) is 66.7 Å². The van der Waals surface area contributed by atoms with Gasteiger partial charge in [0.25, 0.3) is 17.5 Å². The first-order valence-corrected chi connectivity index (χ1v) is 10.7. The van der Waals surface area contributed by atoms with Crippen LogP contribution in [0.3, 0.4) is 0 Å². The molecule has 0 saturated carbocycles. The normalized spacial score (nSPS) is 12.8. The van der Waals surface area contributed by atoms with Gasteiger partial charge in [-0.3, -0.25) is 19.7 Å². The lowest BCUT2D eigenvalue weighted by Crippen LogP contribution is -2.40. The SMILES string of the molecule is Cc1ccc(N2C(=O)c3cccc4c(-c5cccc(C(=O)O)c5)c([N+](=O)[O-])cc(c34)C2=O)cc1C. The third-order valence-corrected chi connectivity index (χ3v) is 6.35. The smallest absolute Gasteiger partial charge is 0.335 e. The number of carboxylic acid groups (broad SMARTS) is 1. The van der Waals surface area contributed by atoms with Crippen molar-refractivity contribution in [1.29, 1.82) is 0 Å². The Balaban J connectivity index is 1.82. The lowest BCUT2D eigenvalue weighted by Gasteiger charge is -2.28. The van der Waals surface area contributed by atoms with Gasteiger partial charge in [-0.05, 0) is 66.3 Å². The Morgan fingerprint density at radius 3 is 2.29 bits per heavy atom. The summed E-state index contributed by atoms with van der Waals surface area (Å²) in [5.74, 6) is -2.36. The van der Waals surface area contributed by atoms with E-state index in [1.807, 2.05) is 19.9 Å². The number of aromatic carboxylic acids is 1. The molecule has 8 nitrogen and oxygen atoms in total. The van der Waals surface area contributed by atoms with E-state index < -0.39 is 22.7 Å². The van der Waals surface area contributed by atoms with Crippen molar-refractivity contribution in [3.8, 4) is 11.1 Å². The number of carbonyl (C=O) groups is 3. The predicted octanol–water partition coefficient (Wildman–Crippen LogP) is 5.53. The van der Waals surface area contributed by atoms with Crippen LogP contribution in [0, 0.1) is 24.0 Å². The van der Waals surface area contributed by atoms with Crippen molar-refractivity contribution in [1.82, 2.24) is 0 Å². The molecule has 1 aliphatic heterocycles. The molecular weight excluding hydrogens is 448 g/mol. The van der Waals surface area contributed by atoms with E-state index in [0.717, 1.165) is 16.0 Å². The van der Waals surface area contributed by atoms with Gasteiger partial charge in [-0.2, -0.15) is 0 Å². The molecule has 1 heterocycles. The highest BCUT2D eigenvalue weighted by atomic mass is 16.6. The second-order valence-corrected chi connectivity index (χ2v) is 8.40. The van der Waals surface area contributed by atoms with Gasteiger partial charge in [-0.1, -0.05) is 30.3 Å². The van der Waals surface area contributed by atoms with Crippen molar-refractivity contribution >= 4 is 39.9 Å². The molecule has 0 fully saturated rings. The zero-order valence-corrected chi connectivity index (χ0v) is 18.7. The van der Waals surface area contributed by atoms with E-state index >= 15 is 0 Å². The largest absolute Gasteiger partial charge is 0.478 e. The molecule has 0 radical (unpaired) electrons. The summed E-state index contributed by atoms with van der Waals surface area (Å²) in [6.07, 6.45) is 0. The zero-order chi connectivity index (χ0) is 25.0.